The molecule has 0 saturated heterocycles. The number of hydrogen-bond donors (Lipinski definition) is 2. The molecular weight excluding hydrogens is 370 g/mol. The fraction of sp³-hybridized carbons (Fsp3) is 0.167. The zero-order valence-electron chi connectivity index (χ0n) is 14.3. The standard InChI is InChI=1S/C18H19N3O3S2/c1-12(2)24-15-6-8-16(9-7-15)26(22,23)21-18-20-17(11-25-18)13-4-3-5-14(19)10-13/h3-12H,19H2,1-2H3,(H,20,21). The number of thiazole rings is 1. The predicted molar refractivity (Wildman–Crippen MR) is 105 cm³/mol. The summed E-state index contributed by atoms with van der Waals surface area (Å²) in [5, 5.41) is 2.08. The Morgan fingerprint density at radius 3 is 2.54 bits per heavy atom. The van der Waals surface area contributed by atoms with Crippen LogP contribution in [-0.2, 0) is 10.0 Å². The van der Waals surface area contributed by atoms with Crippen LogP contribution >= 0.6 is 11.3 Å². The molecule has 26 heavy (non-hydrogen) atoms. The number of nitrogens with two attached hydrogens (primary N) is 1. The minimum Gasteiger partial charge on any atom is -0.491 e. The zero-order chi connectivity index (χ0) is 18.7. The Bertz CT molecular complexity index is 997. The summed E-state index contributed by atoms with van der Waals surface area (Å²) in [6.45, 7) is 3.82. The third kappa shape index (κ3) is 4.33. The maximum atomic E-state index is 12.5. The van der Waals surface area contributed by atoms with Gasteiger partial charge in [0.25, 0.3) is 10.0 Å². The maximum absolute atomic E-state index is 12.5. The van der Waals surface area contributed by atoms with Gasteiger partial charge in [-0.25, -0.2) is 13.4 Å². The molecule has 0 aliphatic rings. The first kappa shape index (κ1) is 18.2. The number of anilines is 2. The second-order valence-corrected chi connectivity index (χ2v) is 8.45. The Morgan fingerprint density at radius 1 is 1.15 bits per heavy atom. The minimum atomic E-state index is -3.72. The van der Waals surface area contributed by atoms with Crippen molar-refractivity contribution in [3.8, 4) is 17.0 Å². The van der Waals surface area contributed by atoms with E-state index < -0.39 is 10.0 Å². The third-order valence-corrected chi connectivity index (χ3v) is 5.66. The third-order valence-electron chi connectivity index (χ3n) is 3.41. The van der Waals surface area contributed by atoms with Crippen molar-refractivity contribution in [3.05, 3.63) is 53.9 Å². The Balaban J connectivity index is 1.77. The van der Waals surface area contributed by atoms with Gasteiger partial charge in [-0.2, -0.15) is 0 Å². The van der Waals surface area contributed by atoms with Crippen LogP contribution in [-0.4, -0.2) is 19.5 Å². The zero-order valence-corrected chi connectivity index (χ0v) is 16.0. The van der Waals surface area contributed by atoms with Gasteiger partial charge in [0.15, 0.2) is 5.13 Å². The number of aromatic nitrogens is 1. The van der Waals surface area contributed by atoms with Crippen LogP contribution in [0.2, 0.25) is 0 Å². The summed E-state index contributed by atoms with van der Waals surface area (Å²) in [5.41, 5.74) is 7.91. The molecule has 3 aromatic rings. The number of benzene rings is 2. The summed E-state index contributed by atoms with van der Waals surface area (Å²) in [5.74, 6) is 0.622. The maximum Gasteiger partial charge on any atom is 0.263 e. The topological polar surface area (TPSA) is 94.3 Å². The van der Waals surface area contributed by atoms with Gasteiger partial charge in [-0.05, 0) is 50.2 Å². The van der Waals surface area contributed by atoms with E-state index in [9.17, 15) is 8.42 Å². The molecule has 3 rings (SSSR count). The lowest BCUT2D eigenvalue weighted by Gasteiger charge is -2.10. The van der Waals surface area contributed by atoms with E-state index in [2.05, 4.69) is 9.71 Å². The Hall–Kier alpha value is -2.58. The molecule has 136 valence electrons. The number of nitrogens with one attached hydrogen (secondary N) is 1. The molecule has 0 aliphatic carbocycles. The van der Waals surface area contributed by atoms with Gasteiger partial charge in [0.2, 0.25) is 0 Å². The molecule has 0 aliphatic heterocycles. The van der Waals surface area contributed by atoms with E-state index in [1.165, 1.54) is 23.5 Å². The van der Waals surface area contributed by atoms with Gasteiger partial charge in [-0.1, -0.05) is 12.1 Å². The van der Waals surface area contributed by atoms with E-state index in [1.54, 1.807) is 29.6 Å². The summed E-state index contributed by atoms with van der Waals surface area (Å²) in [7, 11) is -3.72. The molecule has 0 fully saturated rings. The lowest BCUT2D eigenvalue weighted by atomic mass is 10.1. The Labute approximate surface area is 156 Å². The highest BCUT2D eigenvalue weighted by Crippen LogP contribution is 2.28. The van der Waals surface area contributed by atoms with Gasteiger partial charge < -0.3 is 10.5 Å². The molecule has 8 heteroatoms. The van der Waals surface area contributed by atoms with E-state index >= 15 is 0 Å². The number of sulfonamides is 1. The number of rotatable bonds is 6. The lowest BCUT2D eigenvalue weighted by molar-refractivity contribution is 0.242. The molecular formula is C18H19N3O3S2. The summed E-state index contributed by atoms with van der Waals surface area (Å²) >= 11 is 1.22. The second kappa shape index (κ2) is 7.35. The largest absolute Gasteiger partial charge is 0.491 e. The minimum absolute atomic E-state index is 0.0244. The number of nitrogen functional groups attached to an aromatic ring is 1. The van der Waals surface area contributed by atoms with Crippen molar-refractivity contribution in [2.24, 2.45) is 0 Å². The van der Waals surface area contributed by atoms with Gasteiger partial charge in [0.05, 0.1) is 16.7 Å². The quantitative estimate of drug-likeness (QED) is 0.622. The molecule has 1 aromatic heterocycles. The summed E-state index contributed by atoms with van der Waals surface area (Å²) in [4.78, 5) is 4.48. The molecule has 0 radical (unpaired) electrons. The van der Waals surface area contributed by atoms with Crippen molar-refractivity contribution in [2.75, 3.05) is 10.5 Å². The van der Waals surface area contributed by atoms with Crippen LogP contribution in [0.15, 0.2) is 58.8 Å². The highest BCUT2D eigenvalue weighted by molar-refractivity contribution is 7.93. The van der Waals surface area contributed by atoms with Gasteiger partial charge in [0, 0.05) is 16.6 Å². The Kier molecular flexibility index (Phi) is 5.15. The van der Waals surface area contributed by atoms with Gasteiger partial charge in [0.1, 0.15) is 5.75 Å². The van der Waals surface area contributed by atoms with Crippen molar-refractivity contribution < 1.29 is 13.2 Å². The van der Waals surface area contributed by atoms with E-state index in [-0.39, 0.29) is 11.0 Å². The van der Waals surface area contributed by atoms with Crippen LogP contribution in [0.3, 0.4) is 0 Å². The van der Waals surface area contributed by atoms with Crippen molar-refractivity contribution in [1.82, 2.24) is 4.98 Å². The molecule has 1 heterocycles. The highest BCUT2D eigenvalue weighted by atomic mass is 32.2. The fourth-order valence-corrected chi connectivity index (χ4v) is 4.27. The first-order valence-electron chi connectivity index (χ1n) is 7.94. The summed E-state index contributed by atoms with van der Waals surface area (Å²) in [6.07, 6.45) is 0.0244. The summed E-state index contributed by atoms with van der Waals surface area (Å²) < 4.78 is 33.1. The molecule has 2 aromatic carbocycles. The van der Waals surface area contributed by atoms with Crippen LogP contribution in [0.1, 0.15) is 13.8 Å². The van der Waals surface area contributed by atoms with E-state index in [0.717, 1.165) is 5.56 Å². The summed E-state index contributed by atoms with van der Waals surface area (Å²) in [6, 6.07) is 13.6. The predicted octanol–water partition coefficient (Wildman–Crippen LogP) is 3.98. The number of hydrogen-bond acceptors (Lipinski definition) is 6. The highest BCUT2D eigenvalue weighted by Gasteiger charge is 2.17. The molecule has 0 atom stereocenters. The van der Waals surface area contributed by atoms with E-state index in [0.29, 0.717) is 22.3 Å². The van der Waals surface area contributed by atoms with Crippen molar-refractivity contribution in [2.45, 2.75) is 24.8 Å². The van der Waals surface area contributed by atoms with Gasteiger partial charge in [-0.15, -0.1) is 11.3 Å². The molecule has 0 saturated carbocycles. The van der Waals surface area contributed by atoms with Crippen LogP contribution in [0, 0.1) is 0 Å². The average molecular weight is 390 g/mol. The first-order chi connectivity index (χ1) is 12.3. The van der Waals surface area contributed by atoms with Crippen molar-refractivity contribution >= 4 is 32.2 Å². The lowest BCUT2D eigenvalue weighted by Crippen LogP contribution is -2.13. The monoisotopic (exact) mass is 389 g/mol. The Morgan fingerprint density at radius 2 is 1.88 bits per heavy atom. The van der Waals surface area contributed by atoms with E-state index in [4.69, 9.17) is 10.5 Å². The smallest absolute Gasteiger partial charge is 0.263 e. The number of nitrogens with zero attached hydrogens (tertiary/aromatic N) is 1. The molecule has 3 N–H and O–H groups in total. The van der Waals surface area contributed by atoms with Gasteiger partial charge in [-0.3, -0.25) is 4.72 Å². The van der Waals surface area contributed by atoms with Crippen LogP contribution in [0.4, 0.5) is 10.8 Å². The van der Waals surface area contributed by atoms with Crippen LogP contribution < -0.4 is 15.2 Å². The molecule has 0 unspecified atom stereocenters. The molecule has 6 nitrogen and oxygen atoms in total. The molecule has 0 spiro atoms. The molecule has 0 amide bonds. The molecule has 0 bridgehead atoms. The normalized spacial score (nSPS) is 11.5. The number of ether oxygens (including phenoxy) is 1. The van der Waals surface area contributed by atoms with Crippen molar-refractivity contribution in [3.63, 3.8) is 0 Å². The SMILES string of the molecule is CC(C)Oc1ccc(S(=O)(=O)Nc2nc(-c3cccc(N)c3)cs2)cc1. The second-order valence-electron chi connectivity index (χ2n) is 5.91. The van der Waals surface area contributed by atoms with Gasteiger partial charge >= 0.3 is 0 Å². The van der Waals surface area contributed by atoms with Crippen molar-refractivity contribution in [1.29, 1.82) is 0 Å². The first-order valence-corrected chi connectivity index (χ1v) is 10.3. The average Bonchev–Trinajstić information content (AvgIpc) is 3.02. The van der Waals surface area contributed by atoms with Crippen LogP contribution in [0.25, 0.3) is 11.3 Å². The van der Waals surface area contributed by atoms with Crippen LogP contribution in [0.5, 0.6) is 5.75 Å². The van der Waals surface area contributed by atoms with E-state index in [1.807, 2.05) is 26.0 Å². The fourth-order valence-electron chi connectivity index (χ4n) is 2.29.